The Morgan fingerprint density at radius 3 is 2.19 bits per heavy atom. The number of rotatable bonds is 15. The lowest BCUT2D eigenvalue weighted by atomic mass is 10.0. The fourth-order valence-corrected chi connectivity index (χ4v) is 2.34. The normalized spacial score (nSPS) is 11.1. The van der Waals surface area contributed by atoms with Gasteiger partial charge in [-0.15, -0.1) is 0 Å². The lowest BCUT2D eigenvalue weighted by Crippen LogP contribution is -1.93. The van der Waals surface area contributed by atoms with Crippen LogP contribution in [0.5, 0.6) is 0 Å². The number of unbranched alkanes of at least 4 members (excludes halogenated alkanes) is 7. The first kappa shape index (κ1) is 19.9. The van der Waals surface area contributed by atoms with Gasteiger partial charge in [-0.25, -0.2) is 0 Å². The van der Waals surface area contributed by atoms with Gasteiger partial charge in [-0.1, -0.05) is 63.3 Å². The fourth-order valence-electron chi connectivity index (χ4n) is 2.34. The van der Waals surface area contributed by atoms with E-state index >= 15 is 0 Å². The van der Waals surface area contributed by atoms with Crippen molar-refractivity contribution in [1.29, 1.82) is 0 Å². The van der Waals surface area contributed by atoms with E-state index in [1.165, 1.54) is 44.1 Å². The Balaban J connectivity index is 3.25. The van der Waals surface area contributed by atoms with Gasteiger partial charge in [0.25, 0.3) is 0 Å². The summed E-state index contributed by atoms with van der Waals surface area (Å²) >= 11 is 0. The lowest BCUT2D eigenvalue weighted by molar-refractivity contribution is -0.137. The first-order valence-electron chi connectivity index (χ1n) is 8.70. The predicted octanol–water partition coefficient (Wildman–Crippen LogP) is 6.27. The van der Waals surface area contributed by atoms with Crippen molar-refractivity contribution in [1.82, 2.24) is 0 Å². The summed E-state index contributed by atoms with van der Waals surface area (Å²) in [5, 5.41) is 8.52. The average molecular weight is 294 g/mol. The second-order valence-corrected chi connectivity index (χ2v) is 5.92. The molecule has 0 aliphatic rings. The van der Waals surface area contributed by atoms with E-state index in [0.29, 0.717) is 6.42 Å². The first-order chi connectivity index (χ1) is 10.2. The van der Waals surface area contributed by atoms with Gasteiger partial charge in [0.2, 0.25) is 0 Å². The molecule has 1 N–H and O–H groups in total. The number of carbonyl (C=O) groups is 1. The maximum Gasteiger partial charge on any atom is 0.303 e. The highest BCUT2D eigenvalue weighted by Crippen LogP contribution is 2.13. The van der Waals surface area contributed by atoms with Crippen LogP contribution in [-0.4, -0.2) is 11.1 Å². The summed E-state index contributed by atoms with van der Waals surface area (Å²) in [4.78, 5) is 10.3. The van der Waals surface area contributed by atoms with Gasteiger partial charge in [-0.05, 0) is 44.9 Å². The zero-order valence-corrected chi connectivity index (χ0v) is 13.9. The van der Waals surface area contributed by atoms with Crippen molar-refractivity contribution in [3.8, 4) is 0 Å². The molecule has 2 nitrogen and oxygen atoms in total. The summed E-state index contributed by atoms with van der Waals surface area (Å²) in [5.41, 5.74) is 1.39. The molecule has 0 radical (unpaired) electrons. The van der Waals surface area contributed by atoms with Gasteiger partial charge in [0.1, 0.15) is 0 Å². The van der Waals surface area contributed by atoms with Crippen LogP contribution in [0.15, 0.2) is 24.3 Å². The van der Waals surface area contributed by atoms with Crippen LogP contribution in [0.4, 0.5) is 0 Å². The number of carboxylic acid groups (broad SMARTS) is 1. The highest BCUT2D eigenvalue weighted by Gasteiger charge is 1.96. The molecule has 0 heterocycles. The van der Waals surface area contributed by atoms with E-state index in [-0.39, 0.29) is 0 Å². The fraction of sp³-hybridized carbons (Fsp3) is 0.737. The second kappa shape index (κ2) is 15.3. The van der Waals surface area contributed by atoms with E-state index in [2.05, 4.69) is 25.7 Å². The lowest BCUT2D eigenvalue weighted by Gasteiger charge is -2.02. The van der Waals surface area contributed by atoms with E-state index in [9.17, 15) is 4.79 Å². The molecule has 0 saturated heterocycles. The van der Waals surface area contributed by atoms with Gasteiger partial charge in [0.15, 0.2) is 0 Å². The summed E-state index contributed by atoms with van der Waals surface area (Å²) in [6.07, 6.45) is 18.9. The van der Waals surface area contributed by atoms with Gasteiger partial charge >= 0.3 is 5.97 Å². The molecular weight excluding hydrogens is 260 g/mol. The maximum atomic E-state index is 10.3. The van der Waals surface area contributed by atoms with Crippen LogP contribution in [-0.2, 0) is 4.79 Å². The molecule has 0 aromatic rings. The molecule has 0 spiro atoms. The Morgan fingerprint density at radius 2 is 1.48 bits per heavy atom. The molecule has 0 aromatic heterocycles. The molecule has 21 heavy (non-hydrogen) atoms. The predicted molar refractivity (Wildman–Crippen MR) is 91.6 cm³/mol. The highest BCUT2D eigenvalue weighted by molar-refractivity contribution is 5.66. The Bertz CT molecular complexity index is 292. The molecule has 122 valence electrons. The largest absolute Gasteiger partial charge is 0.481 e. The standard InChI is InChI=1S/C19H34O2/c1-3-4-12-15-18(2)16-13-10-8-6-5-7-9-11-14-17-19(20)21/h8,10H,2-7,9,11-17H2,1H3,(H,20,21)/b10-8-. The van der Waals surface area contributed by atoms with Crippen molar-refractivity contribution < 1.29 is 9.90 Å². The van der Waals surface area contributed by atoms with Crippen molar-refractivity contribution in [3.05, 3.63) is 24.3 Å². The molecule has 0 fully saturated rings. The molecule has 0 bridgehead atoms. The van der Waals surface area contributed by atoms with Crippen LogP contribution >= 0.6 is 0 Å². The van der Waals surface area contributed by atoms with Gasteiger partial charge in [0, 0.05) is 6.42 Å². The molecular formula is C19H34O2. The first-order valence-corrected chi connectivity index (χ1v) is 8.70. The Labute approximate surface area is 131 Å². The molecule has 0 aromatic carbocycles. The topological polar surface area (TPSA) is 37.3 Å². The van der Waals surface area contributed by atoms with Gasteiger partial charge in [-0.3, -0.25) is 4.79 Å². The summed E-state index contributed by atoms with van der Waals surface area (Å²) < 4.78 is 0. The number of hydrogen-bond donors (Lipinski definition) is 1. The maximum absolute atomic E-state index is 10.3. The molecule has 0 amide bonds. The van der Waals surface area contributed by atoms with Crippen molar-refractivity contribution in [3.63, 3.8) is 0 Å². The Hall–Kier alpha value is -1.05. The van der Waals surface area contributed by atoms with E-state index in [4.69, 9.17) is 5.11 Å². The summed E-state index contributed by atoms with van der Waals surface area (Å²) in [6.45, 7) is 6.37. The number of carboxylic acids is 1. The van der Waals surface area contributed by atoms with Gasteiger partial charge < -0.3 is 5.11 Å². The quantitative estimate of drug-likeness (QED) is 0.285. The third-order valence-electron chi connectivity index (χ3n) is 3.73. The minimum atomic E-state index is -0.672. The smallest absolute Gasteiger partial charge is 0.303 e. The van der Waals surface area contributed by atoms with Gasteiger partial charge in [0.05, 0.1) is 0 Å². The molecule has 0 rings (SSSR count). The number of allylic oxidation sites excluding steroid dienone is 3. The molecule has 0 atom stereocenters. The van der Waals surface area contributed by atoms with Crippen molar-refractivity contribution in [2.75, 3.05) is 0 Å². The average Bonchev–Trinajstić information content (AvgIpc) is 2.44. The SMILES string of the molecule is C=C(CC/C=C\CCCCCCCC(=O)O)CCCCC. The molecule has 0 aliphatic carbocycles. The molecule has 0 saturated carbocycles. The summed E-state index contributed by atoms with van der Waals surface area (Å²) in [7, 11) is 0. The summed E-state index contributed by atoms with van der Waals surface area (Å²) in [5.74, 6) is -0.672. The number of hydrogen-bond acceptors (Lipinski definition) is 1. The Morgan fingerprint density at radius 1 is 0.857 bits per heavy atom. The number of aliphatic carboxylic acids is 1. The van der Waals surface area contributed by atoms with Crippen LogP contribution in [0.25, 0.3) is 0 Å². The van der Waals surface area contributed by atoms with Crippen molar-refractivity contribution in [2.24, 2.45) is 0 Å². The zero-order chi connectivity index (χ0) is 15.8. The highest BCUT2D eigenvalue weighted by atomic mass is 16.4. The molecule has 0 aliphatic heterocycles. The third kappa shape index (κ3) is 16.9. The second-order valence-electron chi connectivity index (χ2n) is 5.92. The van der Waals surface area contributed by atoms with Crippen LogP contribution in [0.3, 0.4) is 0 Å². The van der Waals surface area contributed by atoms with Crippen LogP contribution in [0.2, 0.25) is 0 Å². The molecule has 2 heteroatoms. The minimum Gasteiger partial charge on any atom is -0.481 e. The minimum absolute atomic E-state index is 0.321. The van der Waals surface area contributed by atoms with Crippen LogP contribution in [0, 0.1) is 0 Å². The van der Waals surface area contributed by atoms with Crippen molar-refractivity contribution in [2.45, 2.75) is 90.4 Å². The molecule has 0 unspecified atom stereocenters. The van der Waals surface area contributed by atoms with E-state index in [1.807, 2.05) is 0 Å². The summed E-state index contributed by atoms with van der Waals surface area (Å²) in [6, 6.07) is 0. The monoisotopic (exact) mass is 294 g/mol. The Kier molecular flexibility index (Phi) is 14.6. The van der Waals surface area contributed by atoms with Crippen molar-refractivity contribution >= 4 is 5.97 Å². The van der Waals surface area contributed by atoms with E-state index in [1.54, 1.807) is 0 Å². The zero-order valence-electron chi connectivity index (χ0n) is 13.9. The van der Waals surface area contributed by atoms with Crippen LogP contribution in [0.1, 0.15) is 90.4 Å². The third-order valence-corrected chi connectivity index (χ3v) is 3.73. The van der Waals surface area contributed by atoms with E-state index in [0.717, 1.165) is 38.5 Å². The van der Waals surface area contributed by atoms with Gasteiger partial charge in [-0.2, -0.15) is 0 Å². The van der Waals surface area contributed by atoms with E-state index < -0.39 is 5.97 Å². The van der Waals surface area contributed by atoms with Crippen LogP contribution < -0.4 is 0 Å².